The topological polar surface area (TPSA) is 104 Å². The van der Waals surface area contributed by atoms with Crippen LogP contribution in [0.3, 0.4) is 0 Å². The van der Waals surface area contributed by atoms with Crippen LogP contribution in [0, 0.1) is 0 Å². The first kappa shape index (κ1) is 18.4. The number of aromatic nitrogens is 2. The smallest absolute Gasteiger partial charge is 0.329 e. The Morgan fingerprint density at radius 1 is 1.28 bits per heavy atom. The molecule has 1 heterocycles. The summed E-state index contributed by atoms with van der Waals surface area (Å²) in [4.78, 5) is 52.7. The Bertz CT molecular complexity index is 926. The first-order valence-electron chi connectivity index (χ1n) is 8.08. The number of nitrogens with one attached hydrogen (secondary N) is 2. The van der Waals surface area contributed by atoms with Gasteiger partial charge < -0.3 is 15.2 Å². The number of fused-ring (bicyclic) bond motifs is 1. The monoisotopic (exact) mass is 346 g/mol. The summed E-state index contributed by atoms with van der Waals surface area (Å²) < 4.78 is 1.13. The molecule has 0 unspecified atom stereocenters. The van der Waals surface area contributed by atoms with Crippen LogP contribution < -0.4 is 16.6 Å². The second-order valence-electron chi connectivity index (χ2n) is 5.95. The molecule has 0 aliphatic rings. The summed E-state index contributed by atoms with van der Waals surface area (Å²) in [7, 11) is 1.50. The molecule has 1 aromatic carbocycles. The zero-order valence-electron chi connectivity index (χ0n) is 14.8. The second kappa shape index (κ2) is 7.33. The van der Waals surface area contributed by atoms with Crippen LogP contribution in [0.25, 0.3) is 10.9 Å². The normalized spacial score (nSPS) is 10.9. The van der Waals surface area contributed by atoms with Crippen molar-refractivity contribution in [2.45, 2.75) is 26.8 Å². The molecule has 0 bridgehead atoms. The predicted molar refractivity (Wildman–Crippen MR) is 94.9 cm³/mol. The maximum Gasteiger partial charge on any atom is 0.329 e. The number of rotatable bonds is 5. The van der Waals surface area contributed by atoms with Gasteiger partial charge >= 0.3 is 5.69 Å². The van der Waals surface area contributed by atoms with Crippen molar-refractivity contribution in [3.63, 3.8) is 0 Å². The quantitative estimate of drug-likeness (QED) is 0.821. The van der Waals surface area contributed by atoms with E-state index in [-0.39, 0.29) is 24.4 Å². The molecule has 0 aliphatic heterocycles. The van der Waals surface area contributed by atoms with Crippen LogP contribution in [-0.4, -0.2) is 46.4 Å². The number of carbonyl (C=O) groups is 2. The molecule has 25 heavy (non-hydrogen) atoms. The highest BCUT2D eigenvalue weighted by Gasteiger charge is 2.18. The number of H-pyrrole nitrogens is 1. The average molecular weight is 346 g/mol. The highest BCUT2D eigenvalue weighted by molar-refractivity contribution is 5.99. The number of hydrogen-bond acceptors (Lipinski definition) is 4. The molecule has 2 aromatic rings. The third-order valence-corrected chi connectivity index (χ3v) is 3.97. The maximum atomic E-state index is 12.6. The lowest BCUT2D eigenvalue weighted by Crippen LogP contribution is -2.39. The highest BCUT2D eigenvalue weighted by atomic mass is 16.2. The Hall–Kier alpha value is -2.90. The van der Waals surface area contributed by atoms with E-state index in [0.717, 1.165) is 4.57 Å². The number of hydrogen-bond donors (Lipinski definition) is 2. The molecule has 2 N–H and O–H groups in total. The molecule has 0 aliphatic carbocycles. The van der Waals surface area contributed by atoms with Crippen LogP contribution in [0.1, 0.15) is 37.2 Å². The molecule has 2 amide bonds. The van der Waals surface area contributed by atoms with E-state index in [0.29, 0.717) is 23.0 Å². The summed E-state index contributed by atoms with van der Waals surface area (Å²) in [6, 6.07) is 4.25. The van der Waals surface area contributed by atoms with Crippen molar-refractivity contribution >= 4 is 22.7 Å². The Morgan fingerprint density at radius 3 is 2.52 bits per heavy atom. The van der Waals surface area contributed by atoms with Gasteiger partial charge in [0.05, 0.1) is 17.4 Å². The Kier molecular flexibility index (Phi) is 5.41. The lowest BCUT2D eigenvalue weighted by molar-refractivity contribution is -0.121. The highest BCUT2D eigenvalue weighted by Crippen LogP contribution is 2.12. The van der Waals surface area contributed by atoms with Crippen molar-refractivity contribution in [3.05, 3.63) is 44.6 Å². The Morgan fingerprint density at radius 2 is 1.96 bits per heavy atom. The van der Waals surface area contributed by atoms with E-state index >= 15 is 0 Å². The minimum atomic E-state index is -0.519. The van der Waals surface area contributed by atoms with E-state index in [4.69, 9.17) is 0 Å². The number of nitrogens with zero attached hydrogens (tertiary/aromatic N) is 2. The van der Waals surface area contributed by atoms with E-state index in [1.165, 1.54) is 30.1 Å². The number of benzene rings is 1. The standard InChI is InChI=1S/C17H22N4O4/c1-5-20(9-14(22)18-4)15(23)11-6-7-12-13(8-11)19-17(25)21(10(2)3)16(12)24/h6-8,10H,5,9H2,1-4H3,(H,18,22)(H,19,25). The van der Waals surface area contributed by atoms with Gasteiger partial charge in [-0.2, -0.15) is 0 Å². The molecule has 0 fully saturated rings. The Labute approximate surface area is 144 Å². The van der Waals surface area contributed by atoms with Gasteiger partial charge in [0.15, 0.2) is 0 Å². The predicted octanol–water partition coefficient (Wildman–Crippen LogP) is 0.479. The lowest BCUT2D eigenvalue weighted by atomic mass is 10.1. The van der Waals surface area contributed by atoms with Gasteiger partial charge in [-0.15, -0.1) is 0 Å². The SMILES string of the molecule is CCN(CC(=O)NC)C(=O)c1ccc2c(=O)n(C(C)C)c(=O)[nH]c2c1. The Balaban J connectivity index is 2.49. The molecule has 0 saturated heterocycles. The van der Waals surface area contributed by atoms with E-state index in [1.54, 1.807) is 20.8 Å². The van der Waals surface area contributed by atoms with E-state index < -0.39 is 11.2 Å². The molecular formula is C17H22N4O4. The minimum absolute atomic E-state index is 0.0602. The second-order valence-corrected chi connectivity index (χ2v) is 5.95. The van der Waals surface area contributed by atoms with Crippen LogP contribution in [0.15, 0.2) is 27.8 Å². The third-order valence-electron chi connectivity index (χ3n) is 3.97. The minimum Gasteiger partial charge on any atom is -0.358 e. The van der Waals surface area contributed by atoms with Crippen molar-refractivity contribution in [1.29, 1.82) is 0 Å². The zero-order valence-corrected chi connectivity index (χ0v) is 14.8. The molecule has 0 spiro atoms. The molecule has 8 heteroatoms. The first-order valence-corrected chi connectivity index (χ1v) is 8.08. The van der Waals surface area contributed by atoms with Crippen LogP contribution in [-0.2, 0) is 4.79 Å². The van der Waals surface area contributed by atoms with Crippen molar-refractivity contribution in [2.24, 2.45) is 0 Å². The first-order chi connectivity index (χ1) is 11.8. The van der Waals surface area contributed by atoms with Gasteiger partial charge in [-0.1, -0.05) is 0 Å². The number of aromatic amines is 1. The van der Waals surface area contributed by atoms with Gasteiger partial charge in [0.2, 0.25) is 5.91 Å². The van der Waals surface area contributed by atoms with Crippen LogP contribution >= 0.6 is 0 Å². The van der Waals surface area contributed by atoms with E-state index in [9.17, 15) is 19.2 Å². The van der Waals surface area contributed by atoms with Crippen molar-refractivity contribution < 1.29 is 9.59 Å². The van der Waals surface area contributed by atoms with Gasteiger partial charge in [0.25, 0.3) is 11.5 Å². The maximum absolute atomic E-state index is 12.6. The molecule has 0 atom stereocenters. The summed E-state index contributed by atoms with van der Waals surface area (Å²) >= 11 is 0. The molecule has 0 saturated carbocycles. The van der Waals surface area contributed by atoms with Crippen LogP contribution in [0.2, 0.25) is 0 Å². The van der Waals surface area contributed by atoms with Gasteiger partial charge in [-0.05, 0) is 39.0 Å². The van der Waals surface area contributed by atoms with E-state index in [1.807, 2.05) is 0 Å². The average Bonchev–Trinajstić information content (AvgIpc) is 2.57. The summed E-state index contributed by atoms with van der Waals surface area (Å²) in [5.41, 5.74) is -0.315. The van der Waals surface area contributed by atoms with Gasteiger partial charge in [-0.25, -0.2) is 4.79 Å². The van der Waals surface area contributed by atoms with E-state index in [2.05, 4.69) is 10.3 Å². The fourth-order valence-corrected chi connectivity index (χ4v) is 2.60. The summed E-state index contributed by atoms with van der Waals surface area (Å²) in [6.07, 6.45) is 0. The fraction of sp³-hybridized carbons (Fsp3) is 0.412. The van der Waals surface area contributed by atoms with Gasteiger partial charge in [-0.3, -0.25) is 19.0 Å². The number of amides is 2. The van der Waals surface area contributed by atoms with Crippen molar-refractivity contribution in [3.8, 4) is 0 Å². The van der Waals surface area contributed by atoms with Crippen molar-refractivity contribution in [2.75, 3.05) is 20.1 Å². The van der Waals surface area contributed by atoms with Crippen molar-refractivity contribution in [1.82, 2.24) is 19.8 Å². The molecular weight excluding hydrogens is 324 g/mol. The van der Waals surface area contributed by atoms with Gasteiger partial charge in [0, 0.05) is 25.2 Å². The fourth-order valence-electron chi connectivity index (χ4n) is 2.60. The zero-order chi connectivity index (χ0) is 18.7. The number of likely N-dealkylation sites (N-methyl/N-ethyl adjacent to an activating group) is 2. The third kappa shape index (κ3) is 3.62. The van der Waals surface area contributed by atoms with Crippen LogP contribution in [0.4, 0.5) is 0 Å². The summed E-state index contributed by atoms with van der Waals surface area (Å²) in [5, 5.41) is 2.81. The van der Waals surface area contributed by atoms with Gasteiger partial charge in [0.1, 0.15) is 0 Å². The molecule has 8 nitrogen and oxygen atoms in total. The largest absolute Gasteiger partial charge is 0.358 e. The molecule has 1 aromatic heterocycles. The number of carbonyl (C=O) groups excluding carboxylic acids is 2. The summed E-state index contributed by atoms with van der Waals surface area (Å²) in [5.74, 6) is -0.619. The molecule has 0 radical (unpaired) electrons. The van der Waals surface area contributed by atoms with Crippen LogP contribution in [0.5, 0.6) is 0 Å². The molecule has 2 rings (SSSR count). The summed E-state index contributed by atoms with van der Waals surface area (Å²) in [6.45, 7) is 5.56. The molecule has 134 valence electrons. The lowest BCUT2D eigenvalue weighted by Gasteiger charge is -2.20.